The van der Waals surface area contributed by atoms with Crippen molar-refractivity contribution >= 4 is 28.9 Å². The van der Waals surface area contributed by atoms with Crippen LogP contribution >= 0.6 is 11.3 Å². The highest BCUT2D eigenvalue weighted by molar-refractivity contribution is 7.14. The fourth-order valence-electron chi connectivity index (χ4n) is 2.78. The number of thiophene rings is 1. The number of hydrogen-bond donors (Lipinski definition) is 1. The Bertz CT molecular complexity index is 695. The van der Waals surface area contributed by atoms with Crippen LogP contribution in [0.4, 0.5) is 5.69 Å². The number of hydrogen-bond acceptors (Lipinski definition) is 4. The summed E-state index contributed by atoms with van der Waals surface area (Å²) < 4.78 is 4.66. The van der Waals surface area contributed by atoms with Crippen LogP contribution in [0.3, 0.4) is 0 Å². The topological polar surface area (TPSA) is 55.4 Å². The Morgan fingerprint density at radius 1 is 1.09 bits per heavy atom. The van der Waals surface area contributed by atoms with Crippen molar-refractivity contribution in [3.8, 4) is 0 Å². The number of esters is 1. The predicted octanol–water partition coefficient (Wildman–Crippen LogP) is 4.06. The average molecular weight is 329 g/mol. The van der Waals surface area contributed by atoms with Crippen LogP contribution in [-0.4, -0.2) is 19.0 Å². The van der Waals surface area contributed by atoms with Gasteiger partial charge in [-0.25, -0.2) is 4.79 Å². The van der Waals surface area contributed by atoms with Crippen molar-refractivity contribution < 1.29 is 14.3 Å². The normalized spacial score (nSPS) is 13.8. The predicted molar refractivity (Wildman–Crippen MR) is 91.3 cm³/mol. The van der Waals surface area contributed by atoms with E-state index in [1.807, 2.05) is 6.07 Å². The number of amides is 1. The molecule has 0 atom stereocenters. The molecule has 0 radical (unpaired) electrons. The van der Waals surface area contributed by atoms with Crippen molar-refractivity contribution in [1.82, 2.24) is 0 Å². The Hall–Kier alpha value is -2.14. The first kappa shape index (κ1) is 15.7. The van der Waals surface area contributed by atoms with Gasteiger partial charge in [0, 0.05) is 10.6 Å². The van der Waals surface area contributed by atoms with Gasteiger partial charge in [0.25, 0.3) is 5.91 Å². The molecule has 0 saturated carbocycles. The van der Waals surface area contributed by atoms with Crippen molar-refractivity contribution in [2.45, 2.75) is 32.1 Å². The Morgan fingerprint density at radius 3 is 2.57 bits per heavy atom. The lowest BCUT2D eigenvalue weighted by atomic mass is 10.1. The quantitative estimate of drug-likeness (QED) is 0.682. The summed E-state index contributed by atoms with van der Waals surface area (Å²) in [6.07, 6.45) is 5.85. The van der Waals surface area contributed by atoms with E-state index in [9.17, 15) is 9.59 Å². The van der Waals surface area contributed by atoms with Gasteiger partial charge in [-0.1, -0.05) is 6.42 Å². The Labute approximate surface area is 139 Å². The minimum absolute atomic E-state index is 0.0890. The molecule has 23 heavy (non-hydrogen) atoms. The van der Waals surface area contributed by atoms with E-state index in [1.54, 1.807) is 35.6 Å². The molecule has 1 heterocycles. The SMILES string of the molecule is COC(=O)c1ccc(NC(=O)c2cc3c(s2)CCCCC3)cc1. The summed E-state index contributed by atoms with van der Waals surface area (Å²) in [6, 6.07) is 8.74. The first-order valence-corrected chi connectivity index (χ1v) is 8.60. The highest BCUT2D eigenvalue weighted by atomic mass is 32.1. The molecule has 1 aromatic heterocycles. The van der Waals surface area contributed by atoms with Gasteiger partial charge in [-0.05, 0) is 61.6 Å². The highest BCUT2D eigenvalue weighted by Crippen LogP contribution is 2.29. The van der Waals surface area contributed by atoms with E-state index in [4.69, 9.17) is 0 Å². The second kappa shape index (κ2) is 6.96. The number of nitrogens with one attached hydrogen (secondary N) is 1. The Kier molecular flexibility index (Phi) is 4.76. The smallest absolute Gasteiger partial charge is 0.337 e. The number of aryl methyl sites for hydroxylation is 2. The van der Waals surface area contributed by atoms with Gasteiger partial charge in [0.2, 0.25) is 0 Å². The molecule has 5 heteroatoms. The summed E-state index contributed by atoms with van der Waals surface area (Å²) in [7, 11) is 1.35. The summed E-state index contributed by atoms with van der Waals surface area (Å²) in [5.74, 6) is -0.473. The van der Waals surface area contributed by atoms with E-state index in [0.717, 1.165) is 17.7 Å². The van der Waals surface area contributed by atoms with Crippen LogP contribution in [0.5, 0.6) is 0 Å². The molecule has 3 rings (SSSR count). The zero-order chi connectivity index (χ0) is 16.2. The Morgan fingerprint density at radius 2 is 1.83 bits per heavy atom. The van der Waals surface area contributed by atoms with Crippen molar-refractivity contribution in [3.05, 3.63) is 51.2 Å². The number of benzene rings is 1. The molecule has 1 aliphatic carbocycles. The van der Waals surface area contributed by atoms with Crippen LogP contribution in [0.1, 0.15) is 49.7 Å². The van der Waals surface area contributed by atoms with Gasteiger partial charge in [-0.15, -0.1) is 11.3 Å². The molecular formula is C18H19NO3S. The van der Waals surface area contributed by atoms with Gasteiger partial charge in [-0.2, -0.15) is 0 Å². The summed E-state index contributed by atoms with van der Waals surface area (Å²) >= 11 is 1.60. The summed E-state index contributed by atoms with van der Waals surface area (Å²) in [5.41, 5.74) is 2.47. The molecule has 0 fully saturated rings. The largest absolute Gasteiger partial charge is 0.465 e. The zero-order valence-electron chi connectivity index (χ0n) is 13.1. The molecule has 0 spiro atoms. The number of methoxy groups -OCH3 is 1. The van der Waals surface area contributed by atoms with Gasteiger partial charge in [-0.3, -0.25) is 4.79 Å². The molecule has 1 amide bonds. The minimum Gasteiger partial charge on any atom is -0.465 e. The number of ether oxygens (including phenoxy) is 1. The molecule has 0 saturated heterocycles. The first-order chi connectivity index (χ1) is 11.2. The van der Waals surface area contributed by atoms with Crippen molar-refractivity contribution in [2.75, 3.05) is 12.4 Å². The third kappa shape index (κ3) is 3.62. The first-order valence-electron chi connectivity index (χ1n) is 7.78. The van der Waals surface area contributed by atoms with E-state index in [0.29, 0.717) is 11.3 Å². The van der Waals surface area contributed by atoms with E-state index in [-0.39, 0.29) is 11.9 Å². The van der Waals surface area contributed by atoms with E-state index in [2.05, 4.69) is 10.1 Å². The zero-order valence-corrected chi connectivity index (χ0v) is 13.9. The monoisotopic (exact) mass is 329 g/mol. The second-order valence-corrected chi connectivity index (χ2v) is 6.78. The maximum atomic E-state index is 12.4. The van der Waals surface area contributed by atoms with Crippen LogP contribution in [0.15, 0.2) is 30.3 Å². The maximum absolute atomic E-state index is 12.4. The summed E-state index contributed by atoms with van der Waals surface area (Å²) in [4.78, 5) is 25.9. The number of carbonyl (C=O) groups excluding carboxylic acids is 2. The molecule has 0 bridgehead atoms. The van der Waals surface area contributed by atoms with E-state index < -0.39 is 0 Å². The molecular weight excluding hydrogens is 310 g/mol. The van der Waals surface area contributed by atoms with Crippen LogP contribution in [0.2, 0.25) is 0 Å². The van der Waals surface area contributed by atoms with Gasteiger partial charge < -0.3 is 10.1 Å². The molecule has 0 unspecified atom stereocenters. The van der Waals surface area contributed by atoms with Crippen LogP contribution in [0.25, 0.3) is 0 Å². The van der Waals surface area contributed by atoms with Crippen molar-refractivity contribution in [2.24, 2.45) is 0 Å². The molecule has 120 valence electrons. The fourth-order valence-corrected chi connectivity index (χ4v) is 3.93. The third-order valence-corrected chi connectivity index (χ3v) is 5.27. The molecule has 1 aliphatic rings. The fraction of sp³-hybridized carbons (Fsp3) is 0.333. The summed E-state index contributed by atoms with van der Waals surface area (Å²) in [6.45, 7) is 0. The van der Waals surface area contributed by atoms with Gasteiger partial charge in [0.05, 0.1) is 17.6 Å². The lowest BCUT2D eigenvalue weighted by Gasteiger charge is -2.04. The lowest BCUT2D eigenvalue weighted by molar-refractivity contribution is 0.0600. The molecule has 2 aromatic rings. The number of rotatable bonds is 3. The van der Waals surface area contributed by atoms with Crippen LogP contribution < -0.4 is 5.32 Å². The molecule has 1 N–H and O–H groups in total. The maximum Gasteiger partial charge on any atom is 0.337 e. The number of fused-ring (bicyclic) bond motifs is 1. The van der Waals surface area contributed by atoms with Crippen molar-refractivity contribution in [1.29, 1.82) is 0 Å². The van der Waals surface area contributed by atoms with Gasteiger partial charge >= 0.3 is 5.97 Å². The molecule has 1 aromatic carbocycles. The third-order valence-electron chi connectivity index (χ3n) is 4.03. The molecule has 4 nitrogen and oxygen atoms in total. The summed E-state index contributed by atoms with van der Waals surface area (Å²) in [5, 5.41) is 2.89. The standard InChI is InChI=1S/C18H19NO3S/c1-22-18(21)12-7-9-14(10-8-12)19-17(20)16-11-13-5-3-2-4-6-15(13)23-16/h7-11H,2-6H2,1H3,(H,19,20). The van der Waals surface area contributed by atoms with E-state index >= 15 is 0 Å². The number of carbonyl (C=O) groups is 2. The van der Waals surface area contributed by atoms with Crippen molar-refractivity contribution in [3.63, 3.8) is 0 Å². The highest BCUT2D eigenvalue weighted by Gasteiger charge is 2.16. The van der Waals surface area contributed by atoms with E-state index in [1.165, 1.54) is 36.8 Å². The van der Waals surface area contributed by atoms with Crippen LogP contribution in [0, 0.1) is 0 Å². The molecule has 0 aliphatic heterocycles. The van der Waals surface area contributed by atoms with Gasteiger partial charge in [0.15, 0.2) is 0 Å². The van der Waals surface area contributed by atoms with Gasteiger partial charge in [0.1, 0.15) is 0 Å². The average Bonchev–Trinajstić information content (AvgIpc) is 2.86. The number of anilines is 1. The second-order valence-electron chi connectivity index (χ2n) is 5.64. The van der Waals surface area contributed by atoms with Crippen LogP contribution in [-0.2, 0) is 17.6 Å². The Balaban J connectivity index is 1.70. The minimum atomic E-state index is -0.384. The lowest BCUT2D eigenvalue weighted by Crippen LogP contribution is -2.10.